The molecule has 1 saturated carbocycles. The van der Waals surface area contributed by atoms with Crippen molar-refractivity contribution in [3.63, 3.8) is 0 Å². The molecule has 0 radical (unpaired) electrons. The maximum absolute atomic E-state index is 13.2. The summed E-state index contributed by atoms with van der Waals surface area (Å²) in [4.78, 5) is 63.2. The summed E-state index contributed by atoms with van der Waals surface area (Å²) in [6.45, 7) is 0.478. The van der Waals surface area contributed by atoms with Gasteiger partial charge in [-0.05, 0) is 72.9 Å². The fourth-order valence-electron chi connectivity index (χ4n) is 4.91. The Labute approximate surface area is 278 Å². The van der Waals surface area contributed by atoms with Gasteiger partial charge in [0.1, 0.15) is 25.3 Å². The first-order valence-corrected chi connectivity index (χ1v) is 17.6. The molecule has 3 N–H and O–H groups in total. The predicted octanol–water partition coefficient (Wildman–Crippen LogP) is 4.68. The molecule has 1 fully saturated rings. The molecule has 1 aliphatic carbocycles. The Bertz CT molecular complexity index is 1260. The molecule has 3 rings (SSSR count). The summed E-state index contributed by atoms with van der Waals surface area (Å²) in [5, 5.41) is 7.75. The summed E-state index contributed by atoms with van der Waals surface area (Å²) in [6, 6.07) is 16.7. The molecule has 0 aromatic heterocycles. The lowest BCUT2D eigenvalue weighted by Gasteiger charge is -2.29. The fourth-order valence-corrected chi connectivity index (χ4v) is 6.06. The van der Waals surface area contributed by atoms with E-state index in [1.165, 1.54) is 7.11 Å². The first-order chi connectivity index (χ1) is 22.3. The van der Waals surface area contributed by atoms with E-state index in [0.717, 1.165) is 28.6 Å². The molecule has 13 heteroatoms. The molecular weight excluding hydrogens is 631 g/mol. The zero-order chi connectivity index (χ0) is 33.1. The fraction of sp³-hybridized carbons (Fsp3) is 0.485. The molecule has 11 nitrogen and oxygen atoms in total. The molecule has 2 aromatic rings. The van der Waals surface area contributed by atoms with Crippen LogP contribution in [0, 0.1) is 11.8 Å². The molecule has 3 amide bonds. The molecule has 0 aliphatic heterocycles. The van der Waals surface area contributed by atoms with E-state index >= 15 is 0 Å². The van der Waals surface area contributed by atoms with Crippen LogP contribution < -0.4 is 16.0 Å². The highest BCUT2D eigenvalue weighted by Crippen LogP contribution is 2.29. The van der Waals surface area contributed by atoms with Gasteiger partial charge in [-0.15, -0.1) is 0 Å². The third kappa shape index (κ3) is 13.3. The molecule has 0 unspecified atom stereocenters. The largest absolute Gasteiger partial charge is 0.467 e. The van der Waals surface area contributed by atoms with Gasteiger partial charge in [0.15, 0.2) is 0 Å². The lowest BCUT2D eigenvalue weighted by Crippen LogP contribution is -2.50. The van der Waals surface area contributed by atoms with E-state index in [0.29, 0.717) is 38.6 Å². The van der Waals surface area contributed by atoms with Gasteiger partial charge < -0.3 is 30.2 Å². The van der Waals surface area contributed by atoms with Gasteiger partial charge in [-0.3, -0.25) is 9.59 Å². The van der Waals surface area contributed by atoms with Gasteiger partial charge in [-0.2, -0.15) is 11.8 Å². The van der Waals surface area contributed by atoms with E-state index in [1.54, 1.807) is 11.8 Å². The number of nitrogens with one attached hydrogen (secondary N) is 3. The van der Waals surface area contributed by atoms with Crippen LogP contribution in [-0.4, -0.2) is 72.7 Å². The van der Waals surface area contributed by atoms with Crippen molar-refractivity contribution in [2.24, 2.45) is 11.8 Å². The Hall–Kier alpha value is -3.71. The van der Waals surface area contributed by atoms with Crippen LogP contribution in [0.1, 0.15) is 43.2 Å². The Morgan fingerprint density at radius 3 is 2.02 bits per heavy atom. The zero-order valence-electron chi connectivity index (χ0n) is 26.2. The summed E-state index contributed by atoms with van der Waals surface area (Å²) >= 11 is 2.39. The lowest BCUT2D eigenvalue weighted by molar-refractivity contribution is -0.145. The van der Waals surface area contributed by atoms with Gasteiger partial charge in [0.25, 0.3) is 0 Å². The number of hydrogen-bond donors (Lipinski definition) is 3. The van der Waals surface area contributed by atoms with E-state index in [4.69, 9.17) is 14.2 Å². The zero-order valence-corrected chi connectivity index (χ0v) is 27.9. The first kappa shape index (κ1) is 36.8. The third-order valence-corrected chi connectivity index (χ3v) is 9.08. The molecule has 2 aromatic carbocycles. The number of thioether (sulfide) groups is 2. The highest BCUT2D eigenvalue weighted by molar-refractivity contribution is 8.13. The second-order valence-electron chi connectivity index (χ2n) is 10.9. The highest BCUT2D eigenvalue weighted by atomic mass is 32.2. The number of benzene rings is 2. The summed E-state index contributed by atoms with van der Waals surface area (Å²) in [6.07, 6.45) is 4.33. The maximum atomic E-state index is 13.2. The van der Waals surface area contributed by atoms with E-state index in [9.17, 15) is 24.0 Å². The van der Waals surface area contributed by atoms with Crippen LogP contribution in [0.5, 0.6) is 0 Å². The number of amides is 3. The number of methoxy groups -OCH3 is 1. The molecule has 0 heterocycles. The van der Waals surface area contributed by atoms with Crippen molar-refractivity contribution >= 4 is 52.7 Å². The quantitative estimate of drug-likeness (QED) is 0.169. The van der Waals surface area contributed by atoms with E-state index in [2.05, 4.69) is 16.0 Å². The van der Waals surface area contributed by atoms with Crippen LogP contribution in [0.15, 0.2) is 60.7 Å². The first-order valence-electron chi connectivity index (χ1n) is 15.2. The van der Waals surface area contributed by atoms with Gasteiger partial charge in [0.2, 0.25) is 11.8 Å². The van der Waals surface area contributed by atoms with Crippen molar-refractivity contribution < 1.29 is 38.2 Å². The second kappa shape index (κ2) is 20.4. The van der Waals surface area contributed by atoms with Crippen LogP contribution >= 0.6 is 23.5 Å². The lowest BCUT2D eigenvalue weighted by atomic mass is 9.81. The van der Waals surface area contributed by atoms with E-state index < -0.39 is 35.4 Å². The Kier molecular flexibility index (Phi) is 16.3. The normalized spacial score (nSPS) is 17.1. The van der Waals surface area contributed by atoms with Crippen molar-refractivity contribution in [1.82, 2.24) is 16.0 Å². The average molecular weight is 674 g/mol. The molecule has 0 spiro atoms. The highest BCUT2D eigenvalue weighted by Gasteiger charge is 2.31. The number of esters is 1. The van der Waals surface area contributed by atoms with Crippen LogP contribution in [-0.2, 0) is 41.8 Å². The number of alkyl carbamates (subject to hydrolysis) is 1. The summed E-state index contributed by atoms with van der Waals surface area (Å²) in [5.74, 6) is -0.474. The van der Waals surface area contributed by atoms with E-state index in [-0.39, 0.29) is 36.7 Å². The summed E-state index contributed by atoms with van der Waals surface area (Å²) in [7, 11) is 1.31. The van der Waals surface area contributed by atoms with Gasteiger partial charge in [0, 0.05) is 18.2 Å². The minimum atomic E-state index is -1.05. The summed E-state index contributed by atoms with van der Waals surface area (Å²) < 4.78 is 15.4. The number of ether oxygens (including phenoxy) is 3. The minimum Gasteiger partial charge on any atom is -0.467 e. The van der Waals surface area contributed by atoms with Crippen LogP contribution in [0.4, 0.5) is 9.59 Å². The van der Waals surface area contributed by atoms with Gasteiger partial charge in [-0.25, -0.2) is 14.4 Å². The van der Waals surface area contributed by atoms with E-state index in [1.807, 2.05) is 66.9 Å². The average Bonchev–Trinajstić information content (AvgIpc) is 3.09. The van der Waals surface area contributed by atoms with Gasteiger partial charge in [-0.1, -0.05) is 60.7 Å². The molecular formula is C33H43N3O8S2. The molecule has 0 bridgehead atoms. The predicted molar refractivity (Wildman–Crippen MR) is 178 cm³/mol. The molecule has 0 saturated heterocycles. The molecule has 2 atom stereocenters. The van der Waals surface area contributed by atoms with Crippen molar-refractivity contribution in [2.75, 3.05) is 31.4 Å². The van der Waals surface area contributed by atoms with Crippen molar-refractivity contribution in [2.45, 2.75) is 57.4 Å². The van der Waals surface area contributed by atoms with Crippen molar-refractivity contribution in [1.29, 1.82) is 0 Å². The molecule has 46 heavy (non-hydrogen) atoms. The summed E-state index contributed by atoms with van der Waals surface area (Å²) in [5.41, 5.74) is 1.63. The van der Waals surface area contributed by atoms with Gasteiger partial charge in [0.05, 0.1) is 7.11 Å². The maximum Gasteiger partial charge on any atom is 0.408 e. The van der Waals surface area contributed by atoms with Crippen LogP contribution in [0.2, 0.25) is 0 Å². The van der Waals surface area contributed by atoms with Crippen LogP contribution in [0.3, 0.4) is 0 Å². The monoisotopic (exact) mass is 673 g/mol. The van der Waals surface area contributed by atoms with Crippen molar-refractivity contribution in [3.05, 3.63) is 71.8 Å². The number of carbonyl (C=O) groups is 5. The number of rotatable bonds is 16. The molecule has 1 aliphatic rings. The SMILES string of the molecule is COC(=O)[C@H](CCSC)NC(=O)C1CCC(CNC(=O)[C@H](CSC(=O)OCc2ccccc2)NC(=O)OCc2ccccc2)CC1. The Morgan fingerprint density at radius 1 is 0.826 bits per heavy atom. The third-order valence-electron chi connectivity index (χ3n) is 7.58. The van der Waals surface area contributed by atoms with Crippen LogP contribution in [0.25, 0.3) is 0 Å². The van der Waals surface area contributed by atoms with Gasteiger partial charge >= 0.3 is 17.4 Å². The second-order valence-corrected chi connectivity index (χ2v) is 12.9. The topological polar surface area (TPSA) is 149 Å². The minimum absolute atomic E-state index is 0.0298. The standard InChI is InChI=1S/C33H43N3O8S2/c1-42-31(39)27(17-18-45-2)35-29(37)26-15-13-23(14-16-26)19-34-30(38)28(36-32(40)43-20-24-9-5-3-6-10-24)22-46-33(41)44-21-25-11-7-4-8-12-25/h3-12,23,26-28H,13-22H2,1-2H3,(H,34,38)(H,35,37)(H,36,40)/t23?,26?,27-,28-/m0/s1. The Balaban J connectivity index is 1.48. The van der Waals surface area contributed by atoms with Crippen molar-refractivity contribution in [3.8, 4) is 0 Å². The number of carbonyl (C=O) groups excluding carboxylic acids is 5. The molecule has 250 valence electrons. The Morgan fingerprint density at radius 2 is 1.43 bits per heavy atom. The number of hydrogen-bond acceptors (Lipinski definition) is 10. The smallest absolute Gasteiger partial charge is 0.408 e.